The predicted molar refractivity (Wildman–Crippen MR) is 68.5 cm³/mol. The highest BCUT2D eigenvalue weighted by Crippen LogP contribution is 2.25. The van der Waals surface area contributed by atoms with E-state index < -0.39 is 6.61 Å². The van der Waals surface area contributed by atoms with Crippen LogP contribution >= 0.6 is 27.3 Å². The summed E-state index contributed by atoms with van der Waals surface area (Å²) in [7, 11) is 0. The summed E-state index contributed by atoms with van der Waals surface area (Å²) in [4.78, 5) is 12.0. The number of thiophene rings is 1. The summed E-state index contributed by atoms with van der Waals surface area (Å²) >= 11 is 4.69. The Labute approximate surface area is 114 Å². The fourth-order valence-corrected chi connectivity index (χ4v) is 2.84. The Morgan fingerprint density at radius 3 is 2.39 bits per heavy atom. The number of hydrogen-bond donors (Lipinski definition) is 0. The fourth-order valence-electron chi connectivity index (χ4n) is 1.39. The summed E-state index contributed by atoms with van der Waals surface area (Å²) in [6, 6.07) is 5.62. The average Bonchev–Trinajstić information content (AvgIpc) is 2.75. The van der Waals surface area contributed by atoms with Gasteiger partial charge < -0.3 is 4.74 Å². The zero-order valence-electron chi connectivity index (χ0n) is 8.90. The number of ether oxygens (including phenoxy) is 1. The number of carbonyl (C=O) groups is 1. The molecule has 2 rings (SSSR count). The van der Waals surface area contributed by atoms with E-state index in [0.29, 0.717) is 11.1 Å². The molecule has 0 aliphatic rings. The molecule has 1 aromatic carbocycles. The van der Waals surface area contributed by atoms with Gasteiger partial charge in [0.05, 0.1) is 0 Å². The number of rotatable bonds is 4. The van der Waals surface area contributed by atoms with Crippen LogP contribution in [-0.4, -0.2) is 12.4 Å². The van der Waals surface area contributed by atoms with E-state index in [-0.39, 0.29) is 11.5 Å². The van der Waals surface area contributed by atoms with Gasteiger partial charge in [0.15, 0.2) is 5.78 Å². The molecule has 0 N–H and O–H groups in total. The Morgan fingerprint density at radius 2 is 1.89 bits per heavy atom. The number of hydrogen-bond acceptors (Lipinski definition) is 3. The molecule has 0 radical (unpaired) electrons. The van der Waals surface area contributed by atoms with Crippen LogP contribution in [0.2, 0.25) is 0 Å². The van der Waals surface area contributed by atoms with Crippen molar-refractivity contribution >= 4 is 33.0 Å². The summed E-state index contributed by atoms with van der Waals surface area (Å²) in [5.41, 5.74) is 0.984. The van der Waals surface area contributed by atoms with Crippen LogP contribution in [-0.2, 0) is 0 Å². The average molecular weight is 333 g/mol. The second kappa shape index (κ2) is 5.58. The molecule has 0 fully saturated rings. The minimum atomic E-state index is -2.86. The van der Waals surface area contributed by atoms with Crippen LogP contribution in [0.4, 0.5) is 8.78 Å². The SMILES string of the molecule is O=C(c1ccc(OC(F)F)cc1)c1cscc1Br. The van der Waals surface area contributed by atoms with Crippen molar-refractivity contribution in [1.82, 2.24) is 0 Å². The quantitative estimate of drug-likeness (QED) is 0.778. The van der Waals surface area contributed by atoms with Gasteiger partial charge in [0.1, 0.15) is 5.75 Å². The van der Waals surface area contributed by atoms with E-state index in [1.54, 1.807) is 5.38 Å². The first kappa shape index (κ1) is 13.2. The summed E-state index contributed by atoms with van der Waals surface area (Å²) in [5, 5.41) is 3.54. The van der Waals surface area contributed by atoms with E-state index in [9.17, 15) is 13.6 Å². The summed E-state index contributed by atoms with van der Waals surface area (Å²) in [6.07, 6.45) is 0. The summed E-state index contributed by atoms with van der Waals surface area (Å²) < 4.78 is 28.9. The van der Waals surface area contributed by atoms with Crippen molar-refractivity contribution in [2.45, 2.75) is 6.61 Å². The van der Waals surface area contributed by atoms with Gasteiger partial charge in [-0.05, 0) is 40.2 Å². The number of alkyl halides is 2. The summed E-state index contributed by atoms with van der Waals surface area (Å²) in [5.74, 6) is -0.127. The Morgan fingerprint density at radius 1 is 1.22 bits per heavy atom. The molecule has 0 saturated carbocycles. The van der Waals surface area contributed by atoms with E-state index in [1.165, 1.54) is 35.6 Å². The molecule has 0 amide bonds. The largest absolute Gasteiger partial charge is 0.435 e. The first-order valence-corrected chi connectivity index (χ1v) is 6.63. The molecule has 0 bridgehead atoms. The van der Waals surface area contributed by atoms with Gasteiger partial charge in [-0.2, -0.15) is 20.1 Å². The normalized spacial score (nSPS) is 10.7. The lowest BCUT2D eigenvalue weighted by molar-refractivity contribution is -0.0498. The molecular formula is C12H7BrF2O2S. The number of halogens is 3. The molecule has 1 aromatic heterocycles. The van der Waals surface area contributed by atoms with Crippen molar-refractivity contribution in [3.8, 4) is 5.75 Å². The molecule has 94 valence electrons. The molecule has 0 unspecified atom stereocenters. The molecule has 0 atom stereocenters. The first-order chi connectivity index (χ1) is 8.58. The standard InChI is InChI=1S/C12H7BrF2O2S/c13-10-6-18-5-9(10)11(16)7-1-3-8(4-2-7)17-12(14)15/h1-6,12H. The zero-order chi connectivity index (χ0) is 13.1. The third kappa shape index (κ3) is 2.94. The molecule has 0 aliphatic heterocycles. The first-order valence-electron chi connectivity index (χ1n) is 4.89. The van der Waals surface area contributed by atoms with Gasteiger partial charge in [-0.25, -0.2) is 0 Å². The van der Waals surface area contributed by atoms with Crippen molar-refractivity contribution in [2.75, 3.05) is 0 Å². The van der Waals surface area contributed by atoms with Gasteiger partial charge in [-0.1, -0.05) is 0 Å². The number of ketones is 1. The lowest BCUT2D eigenvalue weighted by atomic mass is 10.1. The smallest absolute Gasteiger partial charge is 0.387 e. The Hall–Kier alpha value is -1.27. The molecular weight excluding hydrogens is 326 g/mol. The van der Waals surface area contributed by atoms with Gasteiger partial charge in [-0.15, -0.1) is 0 Å². The van der Waals surface area contributed by atoms with E-state index >= 15 is 0 Å². The maximum atomic E-state index is 12.0. The van der Waals surface area contributed by atoms with Gasteiger partial charge in [-0.3, -0.25) is 4.79 Å². The van der Waals surface area contributed by atoms with Crippen LogP contribution in [0, 0.1) is 0 Å². The maximum absolute atomic E-state index is 12.0. The van der Waals surface area contributed by atoms with Crippen molar-refractivity contribution in [1.29, 1.82) is 0 Å². The van der Waals surface area contributed by atoms with E-state index in [1.807, 2.05) is 5.38 Å². The lowest BCUT2D eigenvalue weighted by Crippen LogP contribution is -2.03. The third-order valence-corrected chi connectivity index (χ3v) is 3.90. The molecule has 0 aliphatic carbocycles. The predicted octanol–water partition coefficient (Wildman–Crippen LogP) is 4.34. The van der Waals surface area contributed by atoms with Gasteiger partial charge in [0, 0.05) is 26.4 Å². The van der Waals surface area contributed by atoms with Gasteiger partial charge >= 0.3 is 6.61 Å². The molecule has 2 nitrogen and oxygen atoms in total. The van der Waals surface area contributed by atoms with Crippen molar-refractivity contribution < 1.29 is 18.3 Å². The third-order valence-electron chi connectivity index (χ3n) is 2.20. The monoisotopic (exact) mass is 332 g/mol. The molecule has 18 heavy (non-hydrogen) atoms. The van der Waals surface area contributed by atoms with Crippen molar-refractivity contribution in [2.24, 2.45) is 0 Å². The summed E-state index contributed by atoms with van der Waals surface area (Å²) in [6.45, 7) is -2.86. The minimum absolute atomic E-state index is 0.0333. The second-order valence-electron chi connectivity index (χ2n) is 3.37. The topological polar surface area (TPSA) is 26.3 Å². The van der Waals surface area contributed by atoms with E-state index in [4.69, 9.17) is 0 Å². The Kier molecular flexibility index (Phi) is 4.08. The Balaban J connectivity index is 2.20. The molecule has 6 heteroatoms. The number of benzene rings is 1. The van der Waals surface area contributed by atoms with Crippen LogP contribution in [0.25, 0.3) is 0 Å². The van der Waals surface area contributed by atoms with Gasteiger partial charge in [0.2, 0.25) is 0 Å². The van der Waals surface area contributed by atoms with Crippen molar-refractivity contribution in [3.63, 3.8) is 0 Å². The minimum Gasteiger partial charge on any atom is -0.435 e. The molecule has 0 saturated heterocycles. The highest BCUT2D eigenvalue weighted by Gasteiger charge is 2.13. The van der Waals surface area contributed by atoms with Crippen LogP contribution in [0.1, 0.15) is 15.9 Å². The van der Waals surface area contributed by atoms with E-state index in [0.717, 1.165) is 4.47 Å². The maximum Gasteiger partial charge on any atom is 0.387 e. The lowest BCUT2D eigenvalue weighted by Gasteiger charge is -2.05. The molecule has 0 spiro atoms. The highest BCUT2D eigenvalue weighted by atomic mass is 79.9. The second-order valence-corrected chi connectivity index (χ2v) is 4.96. The van der Waals surface area contributed by atoms with Crippen LogP contribution in [0.5, 0.6) is 5.75 Å². The highest BCUT2D eigenvalue weighted by molar-refractivity contribution is 9.10. The molecule has 2 aromatic rings. The fraction of sp³-hybridized carbons (Fsp3) is 0.0833. The Bertz CT molecular complexity index is 551. The van der Waals surface area contributed by atoms with Crippen LogP contribution < -0.4 is 4.74 Å². The van der Waals surface area contributed by atoms with Crippen LogP contribution in [0.3, 0.4) is 0 Å². The van der Waals surface area contributed by atoms with Crippen molar-refractivity contribution in [3.05, 3.63) is 50.6 Å². The van der Waals surface area contributed by atoms with E-state index in [2.05, 4.69) is 20.7 Å². The van der Waals surface area contributed by atoms with Crippen LogP contribution in [0.15, 0.2) is 39.5 Å². The zero-order valence-corrected chi connectivity index (χ0v) is 11.3. The number of carbonyl (C=O) groups excluding carboxylic acids is 1. The van der Waals surface area contributed by atoms with Gasteiger partial charge in [0.25, 0.3) is 0 Å². The molecule has 1 heterocycles.